The summed E-state index contributed by atoms with van der Waals surface area (Å²) in [7, 11) is 0. The second-order valence-corrected chi connectivity index (χ2v) is 3.91. The normalized spacial score (nSPS) is 20.6. The number of nitrogens with zero attached hydrogens (tertiary/aromatic N) is 1. The Morgan fingerprint density at radius 3 is 2.50 bits per heavy atom. The van der Waals surface area contributed by atoms with Crippen molar-refractivity contribution in [3.8, 4) is 0 Å². The Labute approximate surface area is 87.9 Å². The van der Waals surface area contributed by atoms with Crippen molar-refractivity contribution in [2.75, 3.05) is 12.4 Å². The molecule has 0 radical (unpaired) electrons. The summed E-state index contributed by atoms with van der Waals surface area (Å²) in [4.78, 5) is 24.1. The number of nitrogens with one attached hydrogen (secondary N) is 1. The van der Waals surface area contributed by atoms with E-state index >= 15 is 0 Å². The number of carbonyl (C=O) groups excluding carboxylic acids is 2. The number of rotatable bonds is 3. The van der Waals surface area contributed by atoms with Crippen LogP contribution in [-0.2, 0) is 4.79 Å². The predicted octanol–water partition coefficient (Wildman–Crippen LogP) is 1.11. The first-order valence-electron chi connectivity index (χ1n) is 4.34. The van der Waals surface area contributed by atoms with Gasteiger partial charge in [-0.3, -0.25) is 9.69 Å². The molecular weight excluding hydrogens is 204 g/mol. The number of carbonyl (C=O) groups is 2. The van der Waals surface area contributed by atoms with E-state index in [9.17, 15) is 9.59 Å². The summed E-state index contributed by atoms with van der Waals surface area (Å²) >= 11 is 5.42. The zero-order valence-corrected chi connectivity index (χ0v) is 8.97. The summed E-state index contributed by atoms with van der Waals surface area (Å²) < 4.78 is 0. The topological polar surface area (TPSA) is 49.4 Å². The van der Waals surface area contributed by atoms with Crippen LogP contribution in [0.5, 0.6) is 0 Å². The Bertz CT molecular complexity index is 287. The number of hydrogen-bond acceptors (Lipinski definition) is 2. The minimum atomic E-state index is -0.786. The van der Waals surface area contributed by atoms with Crippen LogP contribution in [0.2, 0.25) is 0 Å². The van der Waals surface area contributed by atoms with E-state index in [4.69, 9.17) is 11.6 Å². The molecule has 14 heavy (non-hydrogen) atoms. The zero-order valence-electron chi connectivity index (χ0n) is 8.21. The van der Waals surface area contributed by atoms with Crippen LogP contribution in [-0.4, -0.2) is 34.8 Å². The first-order chi connectivity index (χ1) is 6.49. The first kappa shape index (κ1) is 11.0. The molecule has 78 valence electrons. The molecule has 4 nitrogen and oxygen atoms in total. The third kappa shape index (κ3) is 2.07. The fraction of sp³-hybridized carbons (Fsp3) is 0.556. The minimum absolute atomic E-state index is 0.207. The van der Waals surface area contributed by atoms with Gasteiger partial charge >= 0.3 is 6.03 Å². The fourth-order valence-corrected chi connectivity index (χ4v) is 1.35. The summed E-state index contributed by atoms with van der Waals surface area (Å²) in [5.74, 6) is 0.175. The molecule has 1 N–H and O–H groups in total. The van der Waals surface area contributed by atoms with E-state index < -0.39 is 5.54 Å². The largest absolute Gasteiger partial charge is 0.325 e. The molecule has 0 unspecified atom stereocenters. The van der Waals surface area contributed by atoms with Gasteiger partial charge < -0.3 is 5.32 Å². The second-order valence-electron chi connectivity index (χ2n) is 3.60. The lowest BCUT2D eigenvalue weighted by molar-refractivity contribution is -0.129. The van der Waals surface area contributed by atoms with Crippen molar-refractivity contribution >= 4 is 23.5 Å². The van der Waals surface area contributed by atoms with Gasteiger partial charge in [-0.15, -0.1) is 11.6 Å². The molecule has 0 aromatic rings. The highest BCUT2D eigenvalue weighted by atomic mass is 35.5. The van der Waals surface area contributed by atoms with E-state index in [2.05, 4.69) is 5.32 Å². The van der Waals surface area contributed by atoms with E-state index in [1.807, 2.05) is 0 Å². The maximum atomic E-state index is 11.6. The van der Waals surface area contributed by atoms with E-state index in [1.165, 1.54) is 4.90 Å². The van der Waals surface area contributed by atoms with Crippen LogP contribution in [0.3, 0.4) is 0 Å². The molecule has 1 rings (SSSR count). The van der Waals surface area contributed by atoms with Gasteiger partial charge in [-0.25, -0.2) is 4.79 Å². The predicted molar refractivity (Wildman–Crippen MR) is 54.2 cm³/mol. The molecule has 0 spiro atoms. The Hall–Kier alpha value is -1.03. The molecule has 0 aromatic carbocycles. The van der Waals surface area contributed by atoms with Crippen molar-refractivity contribution in [1.82, 2.24) is 10.2 Å². The molecule has 3 amide bonds. The van der Waals surface area contributed by atoms with Gasteiger partial charge in [0.15, 0.2) is 0 Å². The van der Waals surface area contributed by atoms with Gasteiger partial charge in [0.2, 0.25) is 0 Å². The summed E-state index contributed by atoms with van der Waals surface area (Å²) in [5.41, 5.74) is -0.786. The van der Waals surface area contributed by atoms with Crippen LogP contribution < -0.4 is 5.32 Å². The molecule has 1 saturated heterocycles. The molecule has 0 aromatic heterocycles. The first-order valence-corrected chi connectivity index (χ1v) is 4.87. The molecule has 0 atom stereocenters. The number of hydrogen-bond donors (Lipinski definition) is 1. The smallest absolute Gasteiger partial charge is 0.324 e. The monoisotopic (exact) mass is 216 g/mol. The van der Waals surface area contributed by atoms with Crippen LogP contribution in [0.1, 0.15) is 13.8 Å². The number of allylic oxidation sites excluding steroid dienone is 1. The number of urea groups is 1. The standard InChI is InChI=1S/C9H13ClN2O2/c1-9(2)7(13)12(8(14)11-9)6-4-3-5-10/h3-4H,5-6H2,1-2H3,(H,11,14). The maximum Gasteiger partial charge on any atom is 0.325 e. The fourth-order valence-electron chi connectivity index (χ4n) is 1.23. The van der Waals surface area contributed by atoms with Gasteiger partial charge in [-0.2, -0.15) is 0 Å². The van der Waals surface area contributed by atoms with Crippen LogP contribution >= 0.6 is 11.6 Å². The van der Waals surface area contributed by atoms with Gasteiger partial charge in [0, 0.05) is 12.4 Å². The van der Waals surface area contributed by atoms with Crippen molar-refractivity contribution in [2.24, 2.45) is 0 Å². The average Bonchev–Trinajstić information content (AvgIpc) is 2.27. The van der Waals surface area contributed by atoms with Gasteiger partial charge in [-0.05, 0) is 13.8 Å². The molecule has 1 heterocycles. The van der Waals surface area contributed by atoms with E-state index in [-0.39, 0.29) is 18.5 Å². The highest BCUT2D eigenvalue weighted by Gasteiger charge is 2.43. The molecule has 5 heteroatoms. The third-order valence-electron chi connectivity index (χ3n) is 1.99. The van der Waals surface area contributed by atoms with Crippen molar-refractivity contribution in [3.63, 3.8) is 0 Å². The lowest BCUT2D eigenvalue weighted by atomic mass is 10.1. The number of halogens is 1. The summed E-state index contributed by atoms with van der Waals surface area (Å²) in [6.45, 7) is 3.64. The molecule has 1 aliphatic rings. The molecule has 1 aliphatic heterocycles. The summed E-state index contributed by atoms with van der Waals surface area (Å²) in [6.07, 6.45) is 3.40. The van der Waals surface area contributed by atoms with Gasteiger partial charge in [0.25, 0.3) is 5.91 Å². The molecule has 0 saturated carbocycles. The van der Waals surface area contributed by atoms with Gasteiger partial charge in [-0.1, -0.05) is 12.2 Å². The Morgan fingerprint density at radius 2 is 2.07 bits per heavy atom. The Balaban J connectivity index is 2.67. The number of amides is 3. The second kappa shape index (κ2) is 4.00. The van der Waals surface area contributed by atoms with E-state index in [0.29, 0.717) is 5.88 Å². The van der Waals surface area contributed by atoms with Crippen molar-refractivity contribution < 1.29 is 9.59 Å². The highest BCUT2D eigenvalue weighted by Crippen LogP contribution is 2.15. The highest BCUT2D eigenvalue weighted by molar-refractivity contribution is 6.18. The quantitative estimate of drug-likeness (QED) is 0.437. The Morgan fingerprint density at radius 1 is 1.43 bits per heavy atom. The lowest BCUT2D eigenvalue weighted by Crippen LogP contribution is -2.40. The SMILES string of the molecule is CC1(C)NC(=O)N(CC=CCCl)C1=O. The molecular formula is C9H13ClN2O2. The van der Waals surface area contributed by atoms with Gasteiger partial charge in [0.05, 0.1) is 0 Å². The Kier molecular flexibility index (Phi) is 3.16. The lowest BCUT2D eigenvalue weighted by Gasteiger charge is -2.14. The molecule has 1 fully saturated rings. The van der Waals surface area contributed by atoms with Crippen molar-refractivity contribution in [1.29, 1.82) is 0 Å². The van der Waals surface area contributed by atoms with Crippen LogP contribution in [0, 0.1) is 0 Å². The minimum Gasteiger partial charge on any atom is -0.324 e. The van der Waals surface area contributed by atoms with Crippen LogP contribution in [0.25, 0.3) is 0 Å². The van der Waals surface area contributed by atoms with Crippen LogP contribution in [0.15, 0.2) is 12.2 Å². The summed E-state index contributed by atoms with van der Waals surface area (Å²) in [6, 6.07) is -0.348. The van der Waals surface area contributed by atoms with Crippen molar-refractivity contribution in [3.05, 3.63) is 12.2 Å². The molecule has 0 bridgehead atoms. The number of imide groups is 1. The van der Waals surface area contributed by atoms with Crippen LogP contribution in [0.4, 0.5) is 4.79 Å². The van der Waals surface area contributed by atoms with Gasteiger partial charge in [0.1, 0.15) is 5.54 Å². The number of alkyl halides is 1. The third-order valence-corrected chi connectivity index (χ3v) is 2.17. The van der Waals surface area contributed by atoms with E-state index in [0.717, 1.165) is 0 Å². The summed E-state index contributed by atoms with van der Waals surface area (Å²) in [5, 5.41) is 2.59. The van der Waals surface area contributed by atoms with E-state index in [1.54, 1.807) is 26.0 Å². The molecule has 0 aliphatic carbocycles. The average molecular weight is 217 g/mol. The zero-order chi connectivity index (χ0) is 10.8. The van der Waals surface area contributed by atoms with Crippen molar-refractivity contribution in [2.45, 2.75) is 19.4 Å². The maximum absolute atomic E-state index is 11.6.